The summed E-state index contributed by atoms with van der Waals surface area (Å²) in [5.74, 6) is -1.79. The summed E-state index contributed by atoms with van der Waals surface area (Å²) in [7, 11) is -4.01. The Morgan fingerprint density at radius 2 is 1.88 bits per heavy atom. The fourth-order valence-electron chi connectivity index (χ4n) is 1.69. The van der Waals surface area contributed by atoms with E-state index in [1.807, 2.05) is 0 Å². The number of nitrogens with one attached hydrogen (secondary N) is 1. The number of hydrogen-bond donors (Lipinski definition) is 2. The third-order valence-corrected chi connectivity index (χ3v) is 4.28. The van der Waals surface area contributed by atoms with Gasteiger partial charge >= 0.3 is 5.97 Å². The fourth-order valence-corrected chi connectivity index (χ4v) is 2.96. The molecule has 0 fully saturated rings. The molecular formula is C13H12Cl2N2O7S. The molecular weight excluding hydrogens is 399 g/mol. The number of carbonyl (C=O) groups is 2. The van der Waals surface area contributed by atoms with Crippen LogP contribution in [0.2, 0.25) is 10.0 Å². The predicted molar refractivity (Wildman–Crippen MR) is 87.4 cm³/mol. The lowest BCUT2D eigenvalue weighted by atomic mass is 10.3. The zero-order valence-corrected chi connectivity index (χ0v) is 14.8. The van der Waals surface area contributed by atoms with E-state index < -0.39 is 28.5 Å². The minimum atomic E-state index is -4.01. The van der Waals surface area contributed by atoms with Crippen LogP contribution in [0.3, 0.4) is 0 Å². The van der Waals surface area contributed by atoms with Crippen molar-refractivity contribution < 1.29 is 32.2 Å². The van der Waals surface area contributed by atoms with E-state index in [4.69, 9.17) is 42.6 Å². The Bertz CT molecular complexity index is 816. The molecule has 3 N–H and O–H groups in total. The van der Waals surface area contributed by atoms with E-state index in [9.17, 15) is 18.0 Å². The van der Waals surface area contributed by atoms with Gasteiger partial charge in [0.1, 0.15) is 19.5 Å². The number of primary sulfonamides is 1. The maximum atomic E-state index is 11.8. The number of amides is 1. The number of rotatable bonds is 5. The van der Waals surface area contributed by atoms with Crippen LogP contribution in [-0.4, -0.2) is 40.1 Å². The molecule has 0 aliphatic carbocycles. The van der Waals surface area contributed by atoms with E-state index in [0.717, 1.165) is 18.4 Å². The normalized spacial score (nSPS) is 14.0. The molecule has 0 atom stereocenters. The topological polar surface area (TPSA) is 134 Å². The van der Waals surface area contributed by atoms with E-state index in [0.29, 0.717) is 6.61 Å². The van der Waals surface area contributed by atoms with Crippen molar-refractivity contribution in [1.82, 2.24) is 0 Å². The summed E-state index contributed by atoms with van der Waals surface area (Å²) in [5.41, 5.74) is -0.0479. The van der Waals surface area contributed by atoms with Crippen LogP contribution in [0.15, 0.2) is 29.0 Å². The first-order valence-corrected chi connectivity index (χ1v) is 8.92. The molecule has 12 heteroatoms. The van der Waals surface area contributed by atoms with Gasteiger partial charge in [0.05, 0.1) is 20.6 Å². The van der Waals surface area contributed by atoms with Gasteiger partial charge in [-0.05, 0) is 12.1 Å². The number of sulfonamides is 1. The molecule has 1 aromatic rings. The Morgan fingerprint density at radius 1 is 1.24 bits per heavy atom. The first-order valence-electron chi connectivity index (χ1n) is 6.62. The van der Waals surface area contributed by atoms with Gasteiger partial charge in [0, 0.05) is 0 Å². The highest BCUT2D eigenvalue weighted by Gasteiger charge is 2.20. The SMILES string of the molecule is NS(=O)(=O)c1cc(Cl)c(NC(=O)COC(=O)C2=COCCO2)c(Cl)c1. The summed E-state index contributed by atoms with van der Waals surface area (Å²) in [6.45, 7) is -0.152. The highest BCUT2D eigenvalue weighted by Crippen LogP contribution is 2.33. The third-order valence-electron chi connectivity index (χ3n) is 2.79. The van der Waals surface area contributed by atoms with E-state index in [2.05, 4.69) is 5.32 Å². The minimum absolute atomic E-state index is 0.0479. The Kier molecular flexibility index (Phi) is 6.11. The Balaban J connectivity index is 2.01. The quantitative estimate of drug-likeness (QED) is 0.691. The molecule has 9 nitrogen and oxygen atoms in total. The van der Waals surface area contributed by atoms with Crippen LogP contribution >= 0.6 is 23.2 Å². The lowest BCUT2D eigenvalue weighted by Crippen LogP contribution is -2.24. The molecule has 0 bridgehead atoms. The fraction of sp³-hybridized carbons (Fsp3) is 0.231. The van der Waals surface area contributed by atoms with Gasteiger partial charge in [0.15, 0.2) is 6.61 Å². The standard InChI is InChI=1S/C13H12Cl2N2O7S/c14-8-3-7(25(16,20)21)4-9(15)12(8)17-11(18)6-24-13(19)10-5-22-1-2-23-10/h3-5H,1-2,6H2,(H,17,18)(H2,16,20,21). The van der Waals surface area contributed by atoms with Gasteiger partial charge in [0.25, 0.3) is 5.91 Å². The van der Waals surface area contributed by atoms with Crippen LogP contribution in [-0.2, 0) is 33.8 Å². The molecule has 0 unspecified atom stereocenters. The first kappa shape index (κ1) is 19.3. The molecule has 0 saturated carbocycles. The maximum absolute atomic E-state index is 11.8. The smallest absolute Gasteiger partial charge is 0.377 e. The highest BCUT2D eigenvalue weighted by atomic mass is 35.5. The van der Waals surface area contributed by atoms with Crippen LogP contribution in [0.25, 0.3) is 0 Å². The Labute approximate surface area is 152 Å². The lowest BCUT2D eigenvalue weighted by Gasteiger charge is -2.14. The summed E-state index contributed by atoms with van der Waals surface area (Å²) in [4.78, 5) is 23.2. The number of ether oxygens (including phenoxy) is 3. The van der Waals surface area contributed by atoms with Gasteiger partial charge in [-0.1, -0.05) is 23.2 Å². The van der Waals surface area contributed by atoms with Gasteiger partial charge in [-0.2, -0.15) is 0 Å². The zero-order valence-electron chi connectivity index (χ0n) is 12.5. The van der Waals surface area contributed by atoms with Crippen molar-refractivity contribution >= 4 is 50.8 Å². The molecule has 0 radical (unpaired) electrons. The number of hydrogen-bond acceptors (Lipinski definition) is 7. The van der Waals surface area contributed by atoms with Crippen molar-refractivity contribution in [1.29, 1.82) is 0 Å². The molecule has 0 saturated heterocycles. The third kappa shape index (κ3) is 5.23. The second-order valence-electron chi connectivity index (χ2n) is 4.63. The minimum Gasteiger partial charge on any atom is -0.493 e. The van der Waals surface area contributed by atoms with Crippen LogP contribution in [0.4, 0.5) is 5.69 Å². The monoisotopic (exact) mass is 410 g/mol. The van der Waals surface area contributed by atoms with Crippen molar-refractivity contribution in [2.75, 3.05) is 25.1 Å². The molecule has 1 aromatic carbocycles. The van der Waals surface area contributed by atoms with Gasteiger partial charge in [0.2, 0.25) is 15.8 Å². The van der Waals surface area contributed by atoms with Crippen molar-refractivity contribution in [2.24, 2.45) is 5.14 Å². The van der Waals surface area contributed by atoms with Crippen molar-refractivity contribution in [3.8, 4) is 0 Å². The highest BCUT2D eigenvalue weighted by molar-refractivity contribution is 7.89. The maximum Gasteiger partial charge on any atom is 0.377 e. The average molecular weight is 411 g/mol. The van der Waals surface area contributed by atoms with Crippen LogP contribution in [0.1, 0.15) is 0 Å². The van der Waals surface area contributed by atoms with E-state index >= 15 is 0 Å². The number of halogens is 2. The van der Waals surface area contributed by atoms with E-state index in [1.165, 1.54) is 0 Å². The van der Waals surface area contributed by atoms with E-state index in [1.54, 1.807) is 0 Å². The number of carbonyl (C=O) groups excluding carboxylic acids is 2. The summed E-state index contributed by atoms with van der Waals surface area (Å²) in [6, 6.07) is 2.06. The summed E-state index contributed by atoms with van der Waals surface area (Å²) < 4.78 is 37.2. The van der Waals surface area contributed by atoms with Gasteiger partial charge in [-0.25, -0.2) is 18.4 Å². The molecule has 0 spiro atoms. The molecule has 1 aliphatic rings. The number of nitrogens with two attached hydrogens (primary N) is 1. The van der Waals surface area contributed by atoms with Gasteiger partial charge in [-0.3, -0.25) is 4.79 Å². The van der Waals surface area contributed by atoms with Crippen LogP contribution < -0.4 is 10.5 Å². The van der Waals surface area contributed by atoms with Crippen molar-refractivity contribution in [2.45, 2.75) is 4.90 Å². The summed E-state index contributed by atoms with van der Waals surface area (Å²) >= 11 is 11.8. The number of esters is 1. The van der Waals surface area contributed by atoms with Crippen molar-refractivity contribution in [3.05, 3.63) is 34.2 Å². The summed E-state index contributed by atoms with van der Waals surface area (Å²) in [5, 5.41) is 6.99. The van der Waals surface area contributed by atoms with Crippen LogP contribution in [0.5, 0.6) is 0 Å². The van der Waals surface area contributed by atoms with Gasteiger partial charge in [-0.15, -0.1) is 0 Å². The van der Waals surface area contributed by atoms with E-state index in [-0.39, 0.29) is 33.0 Å². The Morgan fingerprint density at radius 3 is 2.40 bits per heavy atom. The molecule has 1 heterocycles. The Hall–Kier alpha value is -2.01. The zero-order chi connectivity index (χ0) is 18.6. The molecule has 0 aromatic heterocycles. The second kappa shape index (κ2) is 7.91. The largest absolute Gasteiger partial charge is 0.493 e. The first-order chi connectivity index (χ1) is 11.7. The lowest BCUT2D eigenvalue weighted by molar-refractivity contribution is -0.148. The molecule has 1 amide bonds. The number of benzene rings is 1. The number of anilines is 1. The predicted octanol–water partition coefficient (Wildman–Crippen LogP) is 1.01. The van der Waals surface area contributed by atoms with Crippen LogP contribution in [0, 0.1) is 0 Å². The molecule has 25 heavy (non-hydrogen) atoms. The molecule has 1 aliphatic heterocycles. The molecule has 2 rings (SSSR count). The average Bonchev–Trinajstić information content (AvgIpc) is 2.55. The summed E-state index contributed by atoms with van der Waals surface area (Å²) in [6.07, 6.45) is 1.09. The molecule has 136 valence electrons. The van der Waals surface area contributed by atoms with Gasteiger partial charge < -0.3 is 19.5 Å². The second-order valence-corrected chi connectivity index (χ2v) is 7.01. The van der Waals surface area contributed by atoms with Crippen molar-refractivity contribution in [3.63, 3.8) is 0 Å².